The van der Waals surface area contributed by atoms with Gasteiger partial charge in [-0.15, -0.1) is 0 Å². The fraction of sp³-hybridized carbons (Fsp3) is 0.154. The first-order valence-electron chi connectivity index (χ1n) is 5.19. The first-order valence-corrected chi connectivity index (χ1v) is 5.98. The zero-order valence-electron chi connectivity index (χ0n) is 8.98. The van der Waals surface area contributed by atoms with Crippen molar-refractivity contribution in [3.63, 3.8) is 0 Å². The van der Waals surface area contributed by atoms with E-state index in [0.29, 0.717) is 6.42 Å². The smallest absolute Gasteiger partial charge is 0.123 e. The SMILES string of the molecule is OC(Cc1cc(F)ccc1Br)c1cccnc1. The Morgan fingerprint density at radius 1 is 1.35 bits per heavy atom. The van der Waals surface area contributed by atoms with Gasteiger partial charge in [0.2, 0.25) is 0 Å². The third-order valence-corrected chi connectivity index (χ3v) is 3.26. The second kappa shape index (κ2) is 5.38. The van der Waals surface area contributed by atoms with Gasteiger partial charge in [-0.05, 0) is 35.4 Å². The molecule has 0 aliphatic heterocycles. The molecule has 2 aromatic rings. The molecule has 1 heterocycles. The second-order valence-electron chi connectivity index (χ2n) is 3.74. The lowest BCUT2D eigenvalue weighted by molar-refractivity contribution is 0.178. The van der Waals surface area contributed by atoms with Crippen molar-refractivity contribution < 1.29 is 9.50 Å². The van der Waals surface area contributed by atoms with Crippen molar-refractivity contribution in [1.82, 2.24) is 4.98 Å². The Bertz CT molecular complexity index is 504. The van der Waals surface area contributed by atoms with Crippen LogP contribution in [-0.2, 0) is 6.42 Å². The van der Waals surface area contributed by atoms with Crippen LogP contribution in [0.1, 0.15) is 17.2 Å². The summed E-state index contributed by atoms with van der Waals surface area (Å²) in [6, 6.07) is 8.00. The second-order valence-corrected chi connectivity index (χ2v) is 4.60. The third kappa shape index (κ3) is 3.11. The summed E-state index contributed by atoms with van der Waals surface area (Å²) in [5, 5.41) is 10.0. The van der Waals surface area contributed by atoms with Crippen LogP contribution < -0.4 is 0 Å². The molecule has 0 fully saturated rings. The standard InChI is InChI=1S/C13H11BrFNO/c14-12-4-3-11(15)6-10(12)7-13(17)9-2-1-5-16-8-9/h1-6,8,13,17H,7H2. The molecule has 1 unspecified atom stereocenters. The fourth-order valence-corrected chi connectivity index (χ4v) is 2.01. The van der Waals surface area contributed by atoms with Crippen molar-refractivity contribution in [3.05, 3.63) is 64.1 Å². The molecule has 4 heteroatoms. The van der Waals surface area contributed by atoms with Crippen LogP contribution >= 0.6 is 15.9 Å². The van der Waals surface area contributed by atoms with E-state index < -0.39 is 6.10 Å². The Morgan fingerprint density at radius 3 is 2.88 bits per heavy atom. The lowest BCUT2D eigenvalue weighted by Crippen LogP contribution is -2.03. The van der Waals surface area contributed by atoms with Gasteiger partial charge < -0.3 is 5.11 Å². The maximum atomic E-state index is 13.1. The van der Waals surface area contributed by atoms with Crippen molar-refractivity contribution >= 4 is 15.9 Å². The van der Waals surface area contributed by atoms with Crippen LogP contribution in [0.15, 0.2) is 47.2 Å². The minimum absolute atomic E-state index is 0.304. The highest BCUT2D eigenvalue weighted by atomic mass is 79.9. The Hall–Kier alpha value is -1.26. The van der Waals surface area contributed by atoms with E-state index in [1.165, 1.54) is 12.1 Å². The van der Waals surface area contributed by atoms with E-state index in [1.807, 2.05) is 0 Å². The van der Waals surface area contributed by atoms with Crippen LogP contribution in [0.2, 0.25) is 0 Å². The quantitative estimate of drug-likeness (QED) is 0.943. The molecule has 17 heavy (non-hydrogen) atoms. The number of aliphatic hydroxyl groups excluding tert-OH is 1. The lowest BCUT2D eigenvalue weighted by atomic mass is 10.0. The minimum Gasteiger partial charge on any atom is -0.388 e. The molecule has 0 saturated carbocycles. The Balaban J connectivity index is 2.18. The van der Waals surface area contributed by atoms with Gasteiger partial charge in [0, 0.05) is 23.3 Å². The normalized spacial score (nSPS) is 12.4. The number of pyridine rings is 1. The van der Waals surface area contributed by atoms with Crippen LogP contribution in [0.25, 0.3) is 0 Å². The number of aromatic nitrogens is 1. The molecule has 2 nitrogen and oxygen atoms in total. The average Bonchev–Trinajstić information content (AvgIpc) is 2.35. The first kappa shape index (κ1) is 12.2. The van der Waals surface area contributed by atoms with Gasteiger partial charge in [0.25, 0.3) is 0 Å². The average molecular weight is 296 g/mol. The minimum atomic E-state index is -0.679. The largest absolute Gasteiger partial charge is 0.388 e. The van der Waals surface area contributed by atoms with E-state index in [4.69, 9.17) is 0 Å². The molecule has 0 spiro atoms. The highest BCUT2D eigenvalue weighted by Crippen LogP contribution is 2.24. The predicted molar refractivity (Wildman–Crippen MR) is 67.0 cm³/mol. The van der Waals surface area contributed by atoms with E-state index in [9.17, 15) is 9.50 Å². The topological polar surface area (TPSA) is 33.1 Å². The highest BCUT2D eigenvalue weighted by molar-refractivity contribution is 9.10. The molecule has 1 atom stereocenters. The number of hydrogen-bond acceptors (Lipinski definition) is 2. The summed E-state index contributed by atoms with van der Waals surface area (Å²) in [4.78, 5) is 3.94. The maximum Gasteiger partial charge on any atom is 0.123 e. The number of nitrogens with zero attached hydrogens (tertiary/aromatic N) is 1. The zero-order chi connectivity index (χ0) is 12.3. The van der Waals surface area contributed by atoms with Crippen LogP contribution in [0.4, 0.5) is 4.39 Å². The van der Waals surface area contributed by atoms with Crippen LogP contribution in [0.3, 0.4) is 0 Å². The number of aliphatic hydroxyl groups is 1. The summed E-state index contributed by atoms with van der Waals surface area (Å²) >= 11 is 3.34. The Morgan fingerprint density at radius 2 is 2.18 bits per heavy atom. The first-order chi connectivity index (χ1) is 8.16. The summed E-state index contributed by atoms with van der Waals surface area (Å²) in [6.07, 6.45) is 2.93. The van der Waals surface area contributed by atoms with Gasteiger partial charge in [-0.2, -0.15) is 0 Å². The van der Waals surface area contributed by atoms with E-state index in [2.05, 4.69) is 20.9 Å². The van der Waals surface area contributed by atoms with Crippen LogP contribution in [-0.4, -0.2) is 10.1 Å². The zero-order valence-corrected chi connectivity index (χ0v) is 10.6. The molecule has 0 aliphatic rings. The lowest BCUT2D eigenvalue weighted by Gasteiger charge is -2.11. The number of hydrogen-bond donors (Lipinski definition) is 1. The van der Waals surface area contributed by atoms with Crippen molar-refractivity contribution in [1.29, 1.82) is 0 Å². The van der Waals surface area contributed by atoms with Crippen LogP contribution in [0, 0.1) is 5.82 Å². The molecular formula is C13H11BrFNO. The molecule has 1 N–H and O–H groups in total. The van der Waals surface area contributed by atoms with Gasteiger partial charge in [-0.25, -0.2) is 4.39 Å². The number of benzene rings is 1. The summed E-state index contributed by atoms with van der Waals surface area (Å²) in [7, 11) is 0. The molecule has 0 aliphatic carbocycles. The molecule has 0 radical (unpaired) electrons. The predicted octanol–water partition coefficient (Wildman–Crippen LogP) is 3.26. The number of rotatable bonds is 3. The van der Waals surface area contributed by atoms with Crippen LogP contribution in [0.5, 0.6) is 0 Å². The Labute approximate surface area is 107 Å². The number of halogens is 2. The van der Waals surface area contributed by atoms with Gasteiger partial charge in [-0.3, -0.25) is 4.98 Å². The molecule has 2 rings (SSSR count). The van der Waals surface area contributed by atoms with Gasteiger partial charge in [-0.1, -0.05) is 22.0 Å². The van der Waals surface area contributed by atoms with Gasteiger partial charge >= 0.3 is 0 Å². The molecular weight excluding hydrogens is 285 g/mol. The van der Waals surface area contributed by atoms with Gasteiger partial charge in [0.1, 0.15) is 5.82 Å². The van der Waals surface area contributed by atoms with E-state index in [0.717, 1.165) is 15.6 Å². The summed E-state index contributed by atoms with van der Waals surface area (Å²) in [6.45, 7) is 0. The monoisotopic (exact) mass is 295 g/mol. The molecule has 88 valence electrons. The molecule has 0 amide bonds. The van der Waals surface area contributed by atoms with Crippen molar-refractivity contribution in [2.45, 2.75) is 12.5 Å². The molecule has 0 saturated heterocycles. The highest BCUT2D eigenvalue weighted by Gasteiger charge is 2.11. The summed E-state index contributed by atoms with van der Waals surface area (Å²) < 4.78 is 13.9. The summed E-state index contributed by atoms with van der Waals surface area (Å²) in [5.41, 5.74) is 1.46. The van der Waals surface area contributed by atoms with Crippen molar-refractivity contribution in [2.75, 3.05) is 0 Å². The summed E-state index contributed by atoms with van der Waals surface area (Å²) in [5.74, 6) is -0.304. The van der Waals surface area contributed by atoms with E-state index >= 15 is 0 Å². The van der Waals surface area contributed by atoms with E-state index in [-0.39, 0.29) is 5.82 Å². The van der Waals surface area contributed by atoms with Gasteiger partial charge in [0.15, 0.2) is 0 Å². The molecule has 1 aromatic carbocycles. The molecule has 0 bridgehead atoms. The fourth-order valence-electron chi connectivity index (χ4n) is 1.60. The van der Waals surface area contributed by atoms with Gasteiger partial charge in [0.05, 0.1) is 6.10 Å². The Kier molecular flexibility index (Phi) is 3.86. The van der Waals surface area contributed by atoms with E-state index in [1.54, 1.807) is 30.6 Å². The van der Waals surface area contributed by atoms with Crippen molar-refractivity contribution in [3.8, 4) is 0 Å². The maximum absolute atomic E-state index is 13.1. The van der Waals surface area contributed by atoms with Crippen molar-refractivity contribution in [2.24, 2.45) is 0 Å². The molecule has 1 aromatic heterocycles. The third-order valence-electron chi connectivity index (χ3n) is 2.49.